The van der Waals surface area contributed by atoms with Crippen molar-refractivity contribution in [3.05, 3.63) is 52.4 Å². The second-order valence-corrected chi connectivity index (χ2v) is 4.44. The molecule has 0 radical (unpaired) electrons. The molecule has 1 N–H and O–H groups in total. The highest BCUT2D eigenvalue weighted by atomic mass is 16.5. The van der Waals surface area contributed by atoms with Crippen LogP contribution in [0, 0.1) is 0 Å². The zero-order valence-electron chi connectivity index (χ0n) is 11.7. The Hall–Kier alpha value is -3.09. The third-order valence-corrected chi connectivity index (χ3v) is 3.02. The molecule has 0 amide bonds. The Bertz CT molecular complexity index is 890. The van der Waals surface area contributed by atoms with Crippen LogP contribution in [-0.2, 0) is 4.74 Å². The van der Waals surface area contributed by atoms with Crippen molar-refractivity contribution in [1.82, 2.24) is 20.2 Å². The van der Waals surface area contributed by atoms with Crippen molar-refractivity contribution in [2.24, 2.45) is 0 Å². The van der Waals surface area contributed by atoms with E-state index >= 15 is 0 Å². The maximum Gasteiger partial charge on any atom is 0.362 e. The van der Waals surface area contributed by atoms with E-state index in [1.807, 2.05) is 30.3 Å². The fourth-order valence-electron chi connectivity index (χ4n) is 1.98. The Kier molecular flexibility index (Phi) is 3.61. The second-order valence-electron chi connectivity index (χ2n) is 4.44. The predicted octanol–water partition coefficient (Wildman–Crippen LogP) is 1.56. The number of fused-ring (bicyclic) bond motifs is 1. The predicted molar refractivity (Wildman–Crippen MR) is 79.3 cm³/mol. The Labute approximate surface area is 125 Å². The van der Waals surface area contributed by atoms with Gasteiger partial charge < -0.3 is 4.74 Å². The molecule has 1 aromatic carbocycles. The summed E-state index contributed by atoms with van der Waals surface area (Å²) in [5.41, 5.74) is 0.240. The number of benzene rings is 1. The number of hydrogen-bond donors (Lipinski definition) is 1. The summed E-state index contributed by atoms with van der Waals surface area (Å²) in [7, 11) is 0. The van der Waals surface area contributed by atoms with Crippen molar-refractivity contribution >= 4 is 17.0 Å². The molecular weight excluding hydrogens is 284 g/mol. The third-order valence-electron chi connectivity index (χ3n) is 3.02. The molecule has 0 atom stereocenters. The largest absolute Gasteiger partial charge is 0.461 e. The van der Waals surface area contributed by atoms with Gasteiger partial charge in [-0.3, -0.25) is 9.89 Å². The number of esters is 1. The highest BCUT2D eigenvalue weighted by molar-refractivity contribution is 5.90. The normalized spacial score (nSPS) is 10.6. The number of aromatic nitrogens is 4. The van der Waals surface area contributed by atoms with Gasteiger partial charge in [-0.05, 0) is 6.92 Å². The quantitative estimate of drug-likeness (QED) is 0.736. The van der Waals surface area contributed by atoms with Gasteiger partial charge in [0.1, 0.15) is 0 Å². The summed E-state index contributed by atoms with van der Waals surface area (Å²) in [4.78, 5) is 32.3. The summed E-state index contributed by atoms with van der Waals surface area (Å²) >= 11 is 0. The van der Waals surface area contributed by atoms with E-state index in [-0.39, 0.29) is 23.3 Å². The minimum Gasteiger partial charge on any atom is -0.461 e. The van der Waals surface area contributed by atoms with Gasteiger partial charge in [-0.25, -0.2) is 14.8 Å². The minimum atomic E-state index is -0.766. The number of nitrogens with one attached hydrogen (secondary N) is 1. The lowest BCUT2D eigenvalue weighted by Gasteiger charge is -2.03. The Balaban J connectivity index is 2.11. The van der Waals surface area contributed by atoms with Gasteiger partial charge in [-0.15, -0.1) is 0 Å². The lowest BCUT2D eigenvalue weighted by atomic mass is 10.2. The van der Waals surface area contributed by atoms with E-state index in [1.54, 1.807) is 6.92 Å². The molecule has 2 aromatic heterocycles. The van der Waals surface area contributed by atoms with Crippen molar-refractivity contribution in [1.29, 1.82) is 0 Å². The van der Waals surface area contributed by atoms with E-state index in [9.17, 15) is 9.59 Å². The summed E-state index contributed by atoms with van der Waals surface area (Å²) in [6, 6.07) is 9.35. The molecule has 0 fully saturated rings. The molecular formula is C15H12N4O3. The average molecular weight is 296 g/mol. The number of aromatic amines is 1. The fourth-order valence-corrected chi connectivity index (χ4v) is 1.98. The van der Waals surface area contributed by atoms with Crippen LogP contribution in [0.2, 0.25) is 0 Å². The van der Waals surface area contributed by atoms with Crippen molar-refractivity contribution in [2.45, 2.75) is 6.92 Å². The first-order valence-electron chi connectivity index (χ1n) is 6.68. The van der Waals surface area contributed by atoms with Crippen molar-refractivity contribution in [3.63, 3.8) is 0 Å². The Morgan fingerprint density at radius 3 is 2.77 bits per heavy atom. The number of ether oxygens (including phenoxy) is 1. The van der Waals surface area contributed by atoms with E-state index in [2.05, 4.69) is 20.2 Å². The van der Waals surface area contributed by atoms with Gasteiger partial charge in [-0.1, -0.05) is 30.3 Å². The van der Waals surface area contributed by atoms with Gasteiger partial charge in [0.25, 0.3) is 0 Å². The van der Waals surface area contributed by atoms with Gasteiger partial charge in [0, 0.05) is 11.8 Å². The standard InChI is InChI=1S/C15H12N4O3/c1-2-22-15(21)11-12(20)10-8-16-13(17-14(10)19-18-11)9-6-4-3-5-7-9/h3-8H,2H2,1H3,(H,16,17,19,20). The molecule has 110 valence electrons. The molecule has 22 heavy (non-hydrogen) atoms. The Morgan fingerprint density at radius 1 is 1.27 bits per heavy atom. The topological polar surface area (TPSA) is 97.8 Å². The number of H-pyrrole nitrogens is 1. The van der Waals surface area contributed by atoms with Crippen LogP contribution in [0.25, 0.3) is 22.4 Å². The van der Waals surface area contributed by atoms with Gasteiger partial charge >= 0.3 is 5.97 Å². The second kappa shape index (κ2) is 5.72. The van der Waals surface area contributed by atoms with Crippen LogP contribution in [0.15, 0.2) is 41.3 Å². The number of hydrogen-bond acceptors (Lipinski definition) is 6. The maximum absolute atomic E-state index is 12.2. The summed E-state index contributed by atoms with van der Waals surface area (Å²) in [6.07, 6.45) is 1.38. The molecule has 0 aliphatic rings. The fraction of sp³-hybridized carbons (Fsp3) is 0.133. The highest BCUT2D eigenvalue weighted by Gasteiger charge is 2.17. The zero-order chi connectivity index (χ0) is 15.5. The van der Waals surface area contributed by atoms with E-state index in [0.29, 0.717) is 5.82 Å². The Morgan fingerprint density at radius 2 is 2.05 bits per heavy atom. The molecule has 0 bridgehead atoms. The molecule has 0 saturated heterocycles. The van der Waals surface area contributed by atoms with Crippen molar-refractivity contribution in [3.8, 4) is 11.4 Å². The van der Waals surface area contributed by atoms with E-state index in [1.165, 1.54) is 6.20 Å². The van der Waals surface area contributed by atoms with E-state index < -0.39 is 11.4 Å². The lowest BCUT2D eigenvalue weighted by molar-refractivity contribution is 0.0517. The van der Waals surface area contributed by atoms with Crippen LogP contribution in [0.4, 0.5) is 0 Å². The highest BCUT2D eigenvalue weighted by Crippen LogP contribution is 2.15. The molecule has 7 heteroatoms. The number of carbonyl (C=O) groups excluding carboxylic acids is 1. The van der Waals surface area contributed by atoms with Gasteiger partial charge in [0.05, 0.1) is 12.0 Å². The van der Waals surface area contributed by atoms with Gasteiger partial charge in [-0.2, -0.15) is 5.10 Å². The number of carbonyl (C=O) groups is 1. The first-order chi connectivity index (χ1) is 10.7. The van der Waals surface area contributed by atoms with Crippen LogP contribution < -0.4 is 5.43 Å². The van der Waals surface area contributed by atoms with E-state index in [4.69, 9.17) is 4.74 Å². The van der Waals surface area contributed by atoms with Crippen molar-refractivity contribution < 1.29 is 9.53 Å². The summed E-state index contributed by atoms with van der Waals surface area (Å²) in [5.74, 6) is -0.299. The molecule has 2 heterocycles. The van der Waals surface area contributed by atoms with Gasteiger partial charge in [0.2, 0.25) is 11.1 Å². The first-order valence-corrected chi connectivity index (χ1v) is 6.68. The third kappa shape index (κ3) is 2.44. The van der Waals surface area contributed by atoms with Crippen LogP contribution in [-0.4, -0.2) is 32.7 Å². The first kappa shape index (κ1) is 13.9. The molecule has 3 rings (SSSR count). The lowest BCUT2D eigenvalue weighted by Crippen LogP contribution is -2.21. The molecule has 0 saturated carbocycles. The summed E-state index contributed by atoms with van der Waals surface area (Å²) in [6.45, 7) is 1.82. The number of nitrogens with zero attached hydrogens (tertiary/aromatic N) is 3. The molecule has 0 aliphatic carbocycles. The van der Waals surface area contributed by atoms with Crippen LogP contribution in [0.1, 0.15) is 17.4 Å². The molecule has 3 aromatic rings. The minimum absolute atomic E-state index is 0.168. The van der Waals surface area contributed by atoms with Crippen LogP contribution in [0.3, 0.4) is 0 Å². The smallest absolute Gasteiger partial charge is 0.362 e. The average Bonchev–Trinajstić information content (AvgIpc) is 2.56. The zero-order valence-corrected chi connectivity index (χ0v) is 11.7. The summed E-state index contributed by atoms with van der Waals surface area (Å²) < 4.78 is 4.79. The number of rotatable bonds is 3. The van der Waals surface area contributed by atoms with Crippen LogP contribution >= 0.6 is 0 Å². The monoisotopic (exact) mass is 296 g/mol. The van der Waals surface area contributed by atoms with E-state index in [0.717, 1.165) is 5.56 Å². The molecule has 7 nitrogen and oxygen atoms in total. The van der Waals surface area contributed by atoms with Crippen LogP contribution in [0.5, 0.6) is 0 Å². The molecule has 0 unspecified atom stereocenters. The molecule has 0 spiro atoms. The molecule has 0 aliphatic heterocycles. The summed E-state index contributed by atoms with van der Waals surface area (Å²) in [5, 5.41) is 6.56. The maximum atomic E-state index is 12.2. The van der Waals surface area contributed by atoms with Crippen molar-refractivity contribution in [2.75, 3.05) is 6.61 Å². The SMILES string of the molecule is CCOC(=O)c1n[nH]c2nc(-c3ccccc3)ncc2c1=O. The van der Waals surface area contributed by atoms with Gasteiger partial charge in [0.15, 0.2) is 11.5 Å².